The number of nitrogens with zero attached hydrogens (tertiary/aromatic N) is 1. The number of nitrogens with one attached hydrogen (secondary N) is 2. The fraction of sp³-hybridized carbons (Fsp3) is 0.357. The predicted molar refractivity (Wildman–Crippen MR) is 73.7 cm³/mol. The molecule has 3 N–H and O–H groups in total. The number of carboxylic acids is 1. The number of amides is 2. The molecule has 1 fully saturated rings. The molecule has 1 heterocycles. The highest BCUT2D eigenvalue weighted by Gasteiger charge is 2.41. The highest BCUT2D eigenvalue weighted by atomic mass is 16.5. The quantitative estimate of drug-likeness (QED) is 0.777. The number of aliphatic carboxylic acids is 1. The summed E-state index contributed by atoms with van der Waals surface area (Å²) in [5.74, 6) is -1.07. The molecule has 110 valence electrons. The topological polar surface area (TPSA) is 111 Å². The second-order valence-corrected chi connectivity index (χ2v) is 4.77. The standard InChI is InChI=1S/C14H15N3O4/c15-9-10-1-3-11(4-2-10)16-13(20)17-14(12(18)19)5-7-21-8-6-14/h1-4H,5-8H2,(H,18,19)(H2,16,17,20). The predicted octanol–water partition coefficient (Wildman–Crippen LogP) is 1.31. The Labute approximate surface area is 121 Å². The SMILES string of the molecule is N#Cc1ccc(NC(=O)NC2(C(=O)O)CCOCC2)cc1. The van der Waals surface area contributed by atoms with E-state index in [-0.39, 0.29) is 12.8 Å². The van der Waals surface area contributed by atoms with Crippen LogP contribution in [0.15, 0.2) is 24.3 Å². The molecule has 0 saturated carbocycles. The van der Waals surface area contributed by atoms with Gasteiger partial charge in [-0.1, -0.05) is 0 Å². The minimum Gasteiger partial charge on any atom is -0.480 e. The van der Waals surface area contributed by atoms with Crippen LogP contribution in [0, 0.1) is 11.3 Å². The maximum absolute atomic E-state index is 12.0. The Bertz CT molecular complexity index is 571. The van der Waals surface area contributed by atoms with E-state index >= 15 is 0 Å². The van der Waals surface area contributed by atoms with E-state index in [0.717, 1.165) is 0 Å². The second kappa shape index (κ2) is 6.24. The fourth-order valence-electron chi connectivity index (χ4n) is 2.12. The van der Waals surface area contributed by atoms with E-state index in [0.29, 0.717) is 24.5 Å². The lowest BCUT2D eigenvalue weighted by molar-refractivity contribution is -0.148. The lowest BCUT2D eigenvalue weighted by Crippen LogP contribution is -2.58. The molecular weight excluding hydrogens is 274 g/mol. The first-order chi connectivity index (χ1) is 10.1. The van der Waals surface area contributed by atoms with Crippen LogP contribution >= 0.6 is 0 Å². The van der Waals surface area contributed by atoms with Gasteiger partial charge in [-0.3, -0.25) is 0 Å². The Balaban J connectivity index is 2.02. The van der Waals surface area contributed by atoms with E-state index in [1.807, 2.05) is 6.07 Å². The van der Waals surface area contributed by atoms with Crippen molar-refractivity contribution in [3.05, 3.63) is 29.8 Å². The maximum atomic E-state index is 12.0. The van der Waals surface area contributed by atoms with Crippen molar-refractivity contribution in [1.82, 2.24) is 5.32 Å². The van der Waals surface area contributed by atoms with Crippen LogP contribution in [0.3, 0.4) is 0 Å². The molecule has 0 atom stereocenters. The largest absolute Gasteiger partial charge is 0.480 e. The number of ether oxygens (including phenoxy) is 1. The van der Waals surface area contributed by atoms with E-state index in [4.69, 9.17) is 10.00 Å². The van der Waals surface area contributed by atoms with E-state index in [2.05, 4.69) is 10.6 Å². The maximum Gasteiger partial charge on any atom is 0.329 e. The van der Waals surface area contributed by atoms with Gasteiger partial charge in [-0.15, -0.1) is 0 Å². The van der Waals surface area contributed by atoms with Crippen LogP contribution in [0.5, 0.6) is 0 Å². The molecule has 0 radical (unpaired) electrons. The number of hydrogen-bond acceptors (Lipinski definition) is 4. The summed E-state index contributed by atoms with van der Waals surface area (Å²) < 4.78 is 5.13. The highest BCUT2D eigenvalue weighted by Crippen LogP contribution is 2.21. The molecule has 0 unspecified atom stereocenters. The molecular formula is C14H15N3O4. The number of anilines is 1. The molecule has 0 spiro atoms. The second-order valence-electron chi connectivity index (χ2n) is 4.77. The smallest absolute Gasteiger partial charge is 0.329 e. The van der Waals surface area contributed by atoms with E-state index < -0.39 is 17.5 Å². The van der Waals surface area contributed by atoms with Crippen LogP contribution in [0.2, 0.25) is 0 Å². The third-order valence-corrected chi connectivity index (χ3v) is 3.38. The normalized spacial score (nSPS) is 16.5. The van der Waals surface area contributed by atoms with E-state index in [1.54, 1.807) is 24.3 Å². The van der Waals surface area contributed by atoms with Crippen LogP contribution in [-0.2, 0) is 9.53 Å². The molecule has 1 aliphatic heterocycles. The summed E-state index contributed by atoms with van der Waals surface area (Å²) in [5, 5.41) is 23.1. The summed E-state index contributed by atoms with van der Waals surface area (Å²) in [4.78, 5) is 23.4. The third-order valence-electron chi connectivity index (χ3n) is 3.38. The minimum absolute atomic E-state index is 0.225. The van der Waals surface area contributed by atoms with E-state index in [9.17, 15) is 14.7 Å². The summed E-state index contributed by atoms with van der Waals surface area (Å²) in [6.45, 7) is 0.590. The van der Waals surface area contributed by atoms with Gasteiger partial charge < -0.3 is 20.5 Å². The molecule has 0 aliphatic carbocycles. The number of hydrogen-bond donors (Lipinski definition) is 3. The van der Waals surface area contributed by atoms with Gasteiger partial charge in [-0.2, -0.15) is 5.26 Å². The number of carboxylic acid groups (broad SMARTS) is 1. The van der Waals surface area contributed by atoms with Gasteiger partial charge in [0.1, 0.15) is 5.54 Å². The van der Waals surface area contributed by atoms with Crippen molar-refractivity contribution in [1.29, 1.82) is 5.26 Å². The Morgan fingerprint density at radius 1 is 1.24 bits per heavy atom. The van der Waals surface area contributed by atoms with Crippen LogP contribution in [0.25, 0.3) is 0 Å². The first-order valence-corrected chi connectivity index (χ1v) is 6.46. The van der Waals surface area contributed by atoms with Crippen molar-refractivity contribution in [2.75, 3.05) is 18.5 Å². The van der Waals surface area contributed by atoms with Crippen molar-refractivity contribution in [3.63, 3.8) is 0 Å². The van der Waals surface area contributed by atoms with Gasteiger partial charge in [0.15, 0.2) is 0 Å². The number of carbonyl (C=O) groups is 2. The molecule has 21 heavy (non-hydrogen) atoms. The number of nitriles is 1. The van der Waals surface area contributed by atoms with Gasteiger partial charge in [-0.05, 0) is 24.3 Å². The third kappa shape index (κ3) is 3.49. The number of carbonyl (C=O) groups excluding carboxylic acids is 1. The van der Waals surface area contributed by atoms with Crippen molar-refractivity contribution >= 4 is 17.7 Å². The van der Waals surface area contributed by atoms with Crippen molar-refractivity contribution in [2.45, 2.75) is 18.4 Å². The van der Waals surface area contributed by atoms with Crippen molar-refractivity contribution in [2.24, 2.45) is 0 Å². The summed E-state index contributed by atoms with van der Waals surface area (Å²) in [6.07, 6.45) is 0.451. The first kappa shape index (κ1) is 14.8. The van der Waals surface area contributed by atoms with Crippen LogP contribution in [0.4, 0.5) is 10.5 Å². The summed E-state index contributed by atoms with van der Waals surface area (Å²) in [6, 6.07) is 7.67. The summed E-state index contributed by atoms with van der Waals surface area (Å²) >= 11 is 0. The molecule has 1 aliphatic rings. The molecule has 1 saturated heterocycles. The molecule has 0 bridgehead atoms. The number of urea groups is 1. The Kier molecular flexibility index (Phi) is 4.40. The number of rotatable bonds is 3. The van der Waals surface area contributed by atoms with Crippen LogP contribution < -0.4 is 10.6 Å². The van der Waals surface area contributed by atoms with Crippen LogP contribution in [0.1, 0.15) is 18.4 Å². The Morgan fingerprint density at radius 3 is 2.38 bits per heavy atom. The van der Waals surface area contributed by atoms with Gasteiger partial charge in [0.05, 0.1) is 11.6 Å². The molecule has 7 nitrogen and oxygen atoms in total. The molecule has 7 heteroatoms. The summed E-state index contributed by atoms with van der Waals surface area (Å²) in [5.41, 5.74) is -0.332. The highest BCUT2D eigenvalue weighted by molar-refractivity contribution is 5.94. The molecule has 2 rings (SSSR count). The van der Waals surface area contributed by atoms with Crippen LogP contribution in [-0.4, -0.2) is 35.9 Å². The average Bonchev–Trinajstić information content (AvgIpc) is 2.48. The zero-order chi connectivity index (χ0) is 15.3. The van der Waals surface area contributed by atoms with Crippen molar-refractivity contribution in [3.8, 4) is 6.07 Å². The van der Waals surface area contributed by atoms with E-state index in [1.165, 1.54) is 0 Å². The van der Waals surface area contributed by atoms with Gasteiger partial charge in [0.2, 0.25) is 0 Å². The van der Waals surface area contributed by atoms with Gasteiger partial charge in [0, 0.05) is 31.7 Å². The Morgan fingerprint density at radius 2 is 1.86 bits per heavy atom. The Hall–Kier alpha value is -2.59. The van der Waals surface area contributed by atoms with Gasteiger partial charge >= 0.3 is 12.0 Å². The molecule has 1 aromatic carbocycles. The lowest BCUT2D eigenvalue weighted by Gasteiger charge is -2.33. The zero-order valence-electron chi connectivity index (χ0n) is 11.3. The molecule has 2 amide bonds. The summed E-state index contributed by atoms with van der Waals surface area (Å²) in [7, 11) is 0. The molecule has 1 aromatic rings. The molecule has 0 aromatic heterocycles. The first-order valence-electron chi connectivity index (χ1n) is 6.46. The van der Waals surface area contributed by atoms with Gasteiger partial charge in [-0.25, -0.2) is 9.59 Å². The monoisotopic (exact) mass is 289 g/mol. The van der Waals surface area contributed by atoms with Gasteiger partial charge in [0.25, 0.3) is 0 Å². The minimum atomic E-state index is -1.30. The average molecular weight is 289 g/mol. The lowest BCUT2D eigenvalue weighted by atomic mass is 9.90. The zero-order valence-corrected chi connectivity index (χ0v) is 11.3. The number of benzene rings is 1. The van der Waals surface area contributed by atoms with Crippen molar-refractivity contribution < 1.29 is 19.4 Å². The fourth-order valence-corrected chi connectivity index (χ4v) is 2.12.